The molecule has 5 unspecified atom stereocenters. The molecule has 0 heterocycles. The standard InChI is InChI=1S/C79H144O17P2/c1-5-9-13-17-21-25-29-32-34-35-36-37-39-42-45-48-52-56-60-64-77(82)90-70-75(96-79(84)66-62-58-54-50-46-40-31-27-23-19-15-11-7-3)72-94-98(87,88)92-68-73(80)67-91-97(85,86)93-71-74(95-78(83)65-61-57-53-49-43-28-24-20-16-12-8-4)69-89-76(81)63-59-55-51-47-44-41-38-33-30-26-22-18-14-10-6-2/h21-22,25-26,32-34,36-38,73-75,80H,5-20,23-24,27-31,35,39-72H2,1-4H3,(H,85,86)(H,87,88)/b25-21-,26-22-,34-32-,37-36-,38-33-. The van der Waals surface area contributed by atoms with Crippen LogP contribution in [0.2, 0.25) is 0 Å². The third kappa shape index (κ3) is 71.2. The molecule has 0 aromatic heterocycles. The quantitative estimate of drug-likeness (QED) is 0.0169. The van der Waals surface area contributed by atoms with Gasteiger partial charge in [0.1, 0.15) is 19.3 Å². The zero-order valence-electron chi connectivity index (χ0n) is 62.5. The second kappa shape index (κ2) is 72.1. The van der Waals surface area contributed by atoms with Crippen molar-refractivity contribution >= 4 is 39.5 Å². The van der Waals surface area contributed by atoms with Crippen molar-refractivity contribution in [1.29, 1.82) is 0 Å². The van der Waals surface area contributed by atoms with E-state index < -0.39 is 97.5 Å². The molecule has 0 aromatic rings. The predicted molar refractivity (Wildman–Crippen MR) is 400 cm³/mol. The molecule has 0 amide bonds. The number of allylic oxidation sites excluding steroid dienone is 10. The molecule has 0 aromatic carbocycles. The number of ether oxygens (including phenoxy) is 4. The molecular formula is C79H144O17P2. The maximum atomic E-state index is 13.1. The highest BCUT2D eigenvalue weighted by atomic mass is 31.2. The van der Waals surface area contributed by atoms with Crippen molar-refractivity contribution in [2.75, 3.05) is 39.6 Å². The fraction of sp³-hybridized carbons (Fsp3) is 0.823. The zero-order valence-corrected chi connectivity index (χ0v) is 64.3. The van der Waals surface area contributed by atoms with Gasteiger partial charge in [0.15, 0.2) is 12.2 Å². The number of hydrogen-bond acceptors (Lipinski definition) is 15. The molecule has 98 heavy (non-hydrogen) atoms. The lowest BCUT2D eigenvalue weighted by atomic mass is 10.0. The summed E-state index contributed by atoms with van der Waals surface area (Å²) < 4.78 is 68.5. The summed E-state index contributed by atoms with van der Waals surface area (Å²) in [6.07, 6.45) is 70.6. The average molecular weight is 1430 g/mol. The first-order valence-electron chi connectivity index (χ1n) is 39.5. The Balaban J connectivity index is 5.29. The minimum absolute atomic E-state index is 0.0979. The van der Waals surface area contributed by atoms with Crippen LogP contribution < -0.4 is 0 Å². The Labute approximate surface area is 597 Å². The molecule has 0 radical (unpaired) electrons. The Kier molecular flexibility index (Phi) is 69.7. The van der Waals surface area contributed by atoms with Crippen LogP contribution in [0.3, 0.4) is 0 Å². The van der Waals surface area contributed by atoms with Crippen molar-refractivity contribution in [3.63, 3.8) is 0 Å². The molecule has 19 heteroatoms. The minimum atomic E-state index is -4.97. The first-order chi connectivity index (χ1) is 47.7. The number of aliphatic hydroxyl groups is 1. The molecule has 572 valence electrons. The first kappa shape index (κ1) is 94.8. The summed E-state index contributed by atoms with van der Waals surface area (Å²) in [6, 6.07) is 0. The average Bonchev–Trinajstić information content (AvgIpc) is 0.972. The van der Waals surface area contributed by atoms with Crippen molar-refractivity contribution in [3.05, 3.63) is 60.8 Å². The number of aliphatic hydroxyl groups excluding tert-OH is 1. The van der Waals surface area contributed by atoms with Crippen LogP contribution in [0.5, 0.6) is 0 Å². The highest BCUT2D eigenvalue weighted by Gasteiger charge is 2.30. The third-order valence-corrected chi connectivity index (χ3v) is 18.9. The van der Waals surface area contributed by atoms with Gasteiger partial charge in [0.05, 0.1) is 26.4 Å². The number of hydrogen-bond donors (Lipinski definition) is 3. The molecule has 17 nitrogen and oxygen atoms in total. The van der Waals surface area contributed by atoms with E-state index in [2.05, 4.69) is 88.5 Å². The number of phosphoric ester groups is 2. The van der Waals surface area contributed by atoms with E-state index in [1.165, 1.54) is 128 Å². The Morgan fingerprint density at radius 1 is 0.286 bits per heavy atom. The number of unbranched alkanes of at least 4 members (excludes halogenated alkanes) is 39. The summed E-state index contributed by atoms with van der Waals surface area (Å²) in [5.41, 5.74) is 0. The second-order valence-corrected chi connectivity index (χ2v) is 29.6. The van der Waals surface area contributed by atoms with Gasteiger partial charge in [-0.15, -0.1) is 0 Å². The molecule has 0 aliphatic carbocycles. The van der Waals surface area contributed by atoms with Gasteiger partial charge in [-0.1, -0.05) is 300 Å². The fourth-order valence-corrected chi connectivity index (χ4v) is 12.5. The second-order valence-electron chi connectivity index (χ2n) is 26.7. The largest absolute Gasteiger partial charge is 0.472 e. The van der Waals surface area contributed by atoms with Crippen LogP contribution in [0.4, 0.5) is 0 Å². The van der Waals surface area contributed by atoms with Crippen molar-refractivity contribution in [2.24, 2.45) is 0 Å². The van der Waals surface area contributed by atoms with E-state index in [0.717, 1.165) is 154 Å². The zero-order chi connectivity index (χ0) is 71.8. The highest BCUT2D eigenvalue weighted by Crippen LogP contribution is 2.45. The van der Waals surface area contributed by atoms with Crippen LogP contribution in [0.1, 0.15) is 362 Å². The lowest BCUT2D eigenvalue weighted by molar-refractivity contribution is -0.161. The van der Waals surface area contributed by atoms with Crippen molar-refractivity contribution in [3.8, 4) is 0 Å². The molecule has 0 saturated heterocycles. The van der Waals surface area contributed by atoms with E-state index in [9.17, 15) is 43.2 Å². The number of rotatable bonds is 75. The summed E-state index contributed by atoms with van der Waals surface area (Å²) in [6.45, 7) is 4.85. The van der Waals surface area contributed by atoms with Crippen LogP contribution in [0.25, 0.3) is 0 Å². The number of carbonyl (C=O) groups excluding carboxylic acids is 4. The summed E-state index contributed by atoms with van der Waals surface area (Å²) in [7, 11) is -9.94. The molecule has 3 N–H and O–H groups in total. The van der Waals surface area contributed by atoms with Crippen LogP contribution in [-0.2, 0) is 65.4 Å². The maximum Gasteiger partial charge on any atom is 0.472 e. The van der Waals surface area contributed by atoms with Gasteiger partial charge in [-0.3, -0.25) is 37.3 Å². The van der Waals surface area contributed by atoms with Crippen LogP contribution in [0.15, 0.2) is 60.8 Å². The Bertz CT molecular complexity index is 2100. The molecule has 0 aliphatic rings. The van der Waals surface area contributed by atoms with Crippen molar-refractivity contribution in [2.45, 2.75) is 380 Å². The van der Waals surface area contributed by atoms with Crippen molar-refractivity contribution < 1.29 is 80.2 Å². The van der Waals surface area contributed by atoms with E-state index in [1.54, 1.807) is 0 Å². The van der Waals surface area contributed by atoms with Gasteiger partial charge in [-0.25, -0.2) is 9.13 Å². The van der Waals surface area contributed by atoms with Crippen LogP contribution >= 0.6 is 15.6 Å². The van der Waals surface area contributed by atoms with Gasteiger partial charge < -0.3 is 33.8 Å². The Morgan fingerprint density at radius 2 is 0.500 bits per heavy atom. The SMILES string of the molecule is CCCCC/C=C\C/C=C\C/C=C\CCCCCCCCC(=O)OCC(COP(=O)(O)OCC(O)COP(=O)(O)OCC(COC(=O)CCCCCCC/C=C\C/C=C\CCCCC)OC(=O)CCCCCCCCCCCCC)OC(=O)CCCCCCCCCCCCCCC. The topological polar surface area (TPSA) is 237 Å². The molecular weight excluding hydrogens is 1280 g/mol. The van der Waals surface area contributed by atoms with Gasteiger partial charge in [0.25, 0.3) is 0 Å². The molecule has 0 rings (SSSR count). The van der Waals surface area contributed by atoms with Gasteiger partial charge in [0.2, 0.25) is 0 Å². The van der Waals surface area contributed by atoms with Gasteiger partial charge >= 0.3 is 39.5 Å². The summed E-state index contributed by atoms with van der Waals surface area (Å²) >= 11 is 0. The minimum Gasteiger partial charge on any atom is -0.462 e. The Hall–Kier alpha value is -3.24. The molecule has 0 aliphatic heterocycles. The van der Waals surface area contributed by atoms with Gasteiger partial charge in [0, 0.05) is 25.7 Å². The van der Waals surface area contributed by atoms with E-state index in [0.29, 0.717) is 25.7 Å². The van der Waals surface area contributed by atoms with Gasteiger partial charge in [-0.2, -0.15) is 0 Å². The molecule has 5 atom stereocenters. The monoisotopic (exact) mass is 1430 g/mol. The lowest BCUT2D eigenvalue weighted by Crippen LogP contribution is -2.30. The smallest absolute Gasteiger partial charge is 0.462 e. The van der Waals surface area contributed by atoms with Crippen molar-refractivity contribution in [1.82, 2.24) is 0 Å². The van der Waals surface area contributed by atoms with Crippen LogP contribution in [0, 0.1) is 0 Å². The molecule has 0 bridgehead atoms. The molecule has 0 saturated carbocycles. The normalized spacial score (nSPS) is 14.2. The maximum absolute atomic E-state index is 13.1. The van der Waals surface area contributed by atoms with Crippen LogP contribution in [-0.4, -0.2) is 96.7 Å². The highest BCUT2D eigenvalue weighted by molar-refractivity contribution is 7.47. The van der Waals surface area contributed by atoms with E-state index in [1.807, 2.05) is 0 Å². The number of phosphoric acid groups is 2. The number of esters is 4. The molecule has 0 spiro atoms. The van der Waals surface area contributed by atoms with E-state index >= 15 is 0 Å². The van der Waals surface area contributed by atoms with Gasteiger partial charge in [-0.05, 0) is 96.3 Å². The number of carbonyl (C=O) groups is 4. The fourth-order valence-electron chi connectivity index (χ4n) is 10.9. The van der Waals surface area contributed by atoms with E-state index in [4.69, 9.17) is 37.0 Å². The summed E-state index contributed by atoms with van der Waals surface area (Å²) in [5.74, 6) is -2.17. The lowest BCUT2D eigenvalue weighted by Gasteiger charge is -2.21. The third-order valence-electron chi connectivity index (χ3n) is 17.0. The molecule has 0 fully saturated rings. The predicted octanol–water partition coefficient (Wildman–Crippen LogP) is 22.7. The first-order valence-corrected chi connectivity index (χ1v) is 42.5. The summed E-state index contributed by atoms with van der Waals surface area (Å²) in [5, 5.41) is 10.6. The Morgan fingerprint density at radius 3 is 0.786 bits per heavy atom. The summed E-state index contributed by atoms with van der Waals surface area (Å²) in [4.78, 5) is 72.9. The van der Waals surface area contributed by atoms with E-state index in [-0.39, 0.29) is 25.7 Å².